The Kier molecular flexibility index (Phi) is 3.12. The van der Waals surface area contributed by atoms with Gasteiger partial charge in [0.25, 0.3) is 5.91 Å². The Hall–Kier alpha value is -2.76. The van der Waals surface area contributed by atoms with Gasteiger partial charge in [-0.15, -0.1) is 0 Å². The number of aromatic amines is 1. The van der Waals surface area contributed by atoms with Gasteiger partial charge in [0.2, 0.25) is 0 Å². The first-order valence-electron chi connectivity index (χ1n) is 6.24. The smallest absolute Gasteiger partial charge is 0.272 e. The number of nitrogens with one attached hydrogen (secondary N) is 2. The van der Waals surface area contributed by atoms with Crippen molar-refractivity contribution in [2.45, 2.75) is 13.5 Å². The van der Waals surface area contributed by atoms with Crippen molar-refractivity contribution in [1.82, 2.24) is 25.5 Å². The Balaban J connectivity index is 1.76. The number of rotatable bonds is 3. The maximum atomic E-state index is 12.1. The van der Waals surface area contributed by atoms with Gasteiger partial charge in [-0.1, -0.05) is 18.2 Å². The zero-order valence-electron chi connectivity index (χ0n) is 10.9. The number of aromatic nitrogens is 4. The van der Waals surface area contributed by atoms with E-state index in [1.807, 2.05) is 31.2 Å². The molecule has 0 fully saturated rings. The predicted molar refractivity (Wildman–Crippen MR) is 74.0 cm³/mol. The van der Waals surface area contributed by atoms with E-state index in [1.54, 1.807) is 12.3 Å². The van der Waals surface area contributed by atoms with Crippen LogP contribution in [0.1, 0.15) is 22.0 Å². The molecular formula is C14H13N5O. The van der Waals surface area contributed by atoms with E-state index in [0.717, 1.165) is 16.6 Å². The van der Waals surface area contributed by atoms with Crippen LogP contribution in [0.25, 0.3) is 10.9 Å². The zero-order valence-corrected chi connectivity index (χ0v) is 10.9. The Morgan fingerprint density at radius 3 is 3.00 bits per heavy atom. The van der Waals surface area contributed by atoms with Crippen molar-refractivity contribution in [3.8, 4) is 0 Å². The third-order valence-corrected chi connectivity index (χ3v) is 2.95. The number of carbonyl (C=O) groups excluding carboxylic acids is 1. The monoisotopic (exact) mass is 267 g/mol. The van der Waals surface area contributed by atoms with E-state index in [-0.39, 0.29) is 5.91 Å². The van der Waals surface area contributed by atoms with Crippen LogP contribution in [0.4, 0.5) is 0 Å². The molecule has 6 nitrogen and oxygen atoms in total. The SMILES string of the molecule is Cc1nccc(CNC(=O)c2n[nH]c3ccccc23)n1. The first-order chi connectivity index (χ1) is 9.74. The van der Waals surface area contributed by atoms with E-state index >= 15 is 0 Å². The van der Waals surface area contributed by atoms with Crippen LogP contribution < -0.4 is 5.32 Å². The molecule has 20 heavy (non-hydrogen) atoms. The van der Waals surface area contributed by atoms with Gasteiger partial charge in [-0.2, -0.15) is 5.10 Å². The van der Waals surface area contributed by atoms with E-state index in [0.29, 0.717) is 18.1 Å². The molecule has 6 heteroatoms. The fraction of sp³-hybridized carbons (Fsp3) is 0.143. The zero-order chi connectivity index (χ0) is 13.9. The summed E-state index contributed by atoms with van der Waals surface area (Å²) in [5.74, 6) is 0.459. The first-order valence-corrected chi connectivity index (χ1v) is 6.24. The van der Waals surface area contributed by atoms with E-state index < -0.39 is 0 Å². The summed E-state index contributed by atoms with van der Waals surface area (Å²) in [6, 6.07) is 9.29. The molecule has 0 spiro atoms. The number of fused-ring (bicyclic) bond motifs is 1. The molecule has 0 bridgehead atoms. The molecule has 0 atom stereocenters. The van der Waals surface area contributed by atoms with Gasteiger partial charge < -0.3 is 5.32 Å². The number of hydrogen-bond donors (Lipinski definition) is 2. The lowest BCUT2D eigenvalue weighted by Crippen LogP contribution is -2.24. The highest BCUT2D eigenvalue weighted by Gasteiger charge is 2.13. The van der Waals surface area contributed by atoms with Crippen molar-refractivity contribution >= 4 is 16.8 Å². The average molecular weight is 267 g/mol. The molecule has 2 aromatic heterocycles. The van der Waals surface area contributed by atoms with Crippen molar-refractivity contribution < 1.29 is 4.79 Å². The quantitative estimate of drug-likeness (QED) is 0.754. The minimum absolute atomic E-state index is 0.223. The molecule has 0 unspecified atom stereocenters. The number of nitrogens with zero attached hydrogens (tertiary/aromatic N) is 3. The summed E-state index contributed by atoms with van der Waals surface area (Å²) in [6.07, 6.45) is 1.67. The minimum atomic E-state index is -0.223. The summed E-state index contributed by atoms with van der Waals surface area (Å²) in [6.45, 7) is 2.16. The number of aryl methyl sites for hydroxylation is 1. The summed E-state index contributed by atoms with van der Waals surface area (Å²) < 4.78 is 0. The van der Waals surface area contributed by atoms with Crippen LogP contribution in [-0.2, 0) is 6.54 Å². The maximum absolute atomic E-state index is 12.1. The van der Waals surface area contributed by atoms with Gasteiger partial charge in [-0.3, -0.25) is 9.89 Å². The molecule has 1 aromatic carbocycles. The van der Waals surface area contributed by atoms with Gasteiger partial charge in [0.05, 0.1) is 17.8 Å². The van der Waals surface area contributed by atoms with E-state index in [2.05, 4.69) is 25.5 Å². The maximum Gasteiger partial charge on any atom is 0.272 e. The van der Waals surface area contributed by atoms with E-state index in [4.69, 9.17) is 0 Å². The Bertz CT molecular complexity index is 765. The summed E-state index contributed by atoms with van der Waals surface area (Å²) in [7, 11) is 0. The van der Waals surface area contributed by atoms with Crippen LogP contribution in [0.15, 0.2) is 36.5 Å². The second kappa shape index (κ2) is 5.08. The second-order valence-corrected chi connectivity index (χ2v) is 4.40. The highest BCUT2D eigenvalue weighted by molar-refractivity contribution is 6.04. The van der Waals surface area contributed by atoms with E-state index in [9.17, 15) is 4.79 Å². The third-order valence-electron chi connectivity index (χ3n) is 2.95. The molecule has 0 saturated heterocycles. The third kappa shape index (κ3) is 2.35. The lowest BCUT2D eigenvalue weighted by atomic mass is 10.2. The largest absolute Gasteiger partial charge is 0.345 e. The molecule has 3 aromatic rings. The normalized spacial score (nSPS) is 10.7. The standard InChI is InChI=1S/C14H13N5O/c1-9-15-7-6-10(17-9)8-16-14(20)13-11-4-2-3-5-12(11)18-19-13/h2-7H,8H2,1H3,(H,16,20)(H,18,19). The van der Waals surface area contributed by atoms with Crippen molar-refractivity contribution in [3.63, 3.8) is 0 Å². The molecule has 0 aliphatic heterocycles. The lowest BCUT2D eigenvalue weighted by molar-refractivity contribution is 0.0947. The molecule has 2 N–H and O–H groups in total. The molecule has 0 aliphatic carbocycles. The van der Waals surface area contributed by atoms with E-state index in [1.165, 1.54) is 0 Å². The van der Waals surface area contributed by atoms with Crippen molar-refractivity contribution in [1.29, 1.82) is 0 Å². The molecular weight excluding hydrogens is 254 g/mol. The van der Waals surface area contributed by atoms with Crippen LogP contribution >= 0.6 is 0 Å². The van der Waals surface area contributed by atoms with Gasteiger partial charge in [0, 0.05) is 11.6 Å². The summed E-state index contributed by atoms with van der Waals surface area (Å²) >= 11 is 0. The summed E-state index contributed by atoms with van der Waals surface area (Å²) in [5.41, 5.74) is 2.01. The minimum Gasteiger partial charge on any atom is -0.345 e. The number of H-pyrrole nitrogens is 1. The summed E-state index contributed by atoms with van der Waals surface area (Å²) in [4.78, 5) is 20.4. The highest BCUT2D eigenvalue weighted by Crippen LogP contribution is 2.14. The van der Waals surface area contributed by atoms with Crippen LogP contribution in [0.5, 0.6) is 0 Å². The fourth-order valence-electron chi connectivity index (χ4n) is 1.99. The number of benzene rings is 1. The van der Waals surface area contributed by atoms with Crippen LogP contribution in [0.3, 0.4) is 0 Å². The molecule has 0 radical (unpaired) electrons. The Labute approximate surface area is 115 Å². The Morgan fingerprint density at radius 2 is 2.15 bits per heavy atom. The van der Waals surface area contributed by atoms with Crippen molar-refractivity contribution in [2.24, 2.45) is 0 Å². The first kappa shape index (κ1) is 12.3. The molecule has 0 saturated carbocycles. The van der Waals surface area contributed by atoms with Crippen LogP contribution in [0.2, 0.25) is 0 Å². The van der Waals surface area contributed by atoms with Crippen LogP contribution in [-0.4, -0.2) is 26.1 Å². The Morgan fingerprint density at radius 1 is 1.30 bits per heavy atom. The second-order valence-electron chi connectivity index (χ2n) is 4.40. The van der Waals surface area contributed by atoms with Crippen molar-refractivity contribution in [2.75, 3.05) is 0 Å². The average Bonchev–Trinajstić information content (AvgIpc) is 2.89. The number of carbonyl (C=O) groups is 1. The van der Waals surface area contributed by atoms with Crippen LogP contribution in [0, 0.1) is 6.92 Å². The number of amides is 1. The number of hydrogen-bond acceptors (Lipinski definition) is 4. The van der Waals surface area contributed by atoms with Gasteiger partial charge in [-0.25, -0.2) is 9.97 Å². The summed E-state index contributed by atoms with van der Waals surface area (Å²) in [5, 5.41) is 10.5. The molecule has 100 valence electrons. The van der Waals surface area contributed by atoms with Crippen molar-refractivity contribution in [3.05, 3.63) is 53.7 Å². The van der Waals surface area contributed by atoms with Gasteiger partial charge in [-0.05, 0) is 19.1 Å². The topological polar surface area (TPSA) is 83.6 Å². The van der Waals surface area contributed by atoms with Gasteiger partial charge in [0.15, 0.2) is 5.69 Å². The van der Waals surface area contributed by atoms with Gasteiger partial charge in [0.1, 0.15) is 5.82 Å². The highest BCUT2D eigenvalue weighted by atomic mass is 16.1. The number of para-hydroxylation sites is 1. The molecule has 2 heterocycles. The molecule has 1 amide bonds. The predicted octanol–water partition coefficient (Wildman–Crippen LogP) is 1.59. The molecule has 3 rings (SSSR count). The van der Waals surface area contributed by atoms with Gasteiger partial charge >= 0.3 is 0 Å². The molecule has 0 aliphatic rings. The fourth-order valence-corrected chi connectivity index (χ4v) is 1.99. The lowest BCUT2D eigenvalue weighted by Gasteiger charge is -2.03.